The molecular formula is C13H25N3O4. The van der Waals surface area contributed by atoms with Crippen LogP contribution < -0.4 is 11.1 Å². The number of unbranched alkanes of at least 4 members (excludes halogenated alkanes) is 3. The lowest BCUT2D eigenvalue weighted by Crippen LogP contribution is -2.48. The fourth-order valence-corrected chi connectivity index (χ4v) is 1.71. The van der Waals surface area contributed by atoms with Gasteiger partial charge < -0.3 is 21.1 Å². The van der Waals surface area contributed by atoms with Crippen LogP contribution in [0.2, 0.25) is 0 Å². The number of amides is 3. The maximum Gasteiger partial charge on any atom is 0.318 e. The lowest BCUT2D eigenvalue weighted by Gasteiger charge is -2.25. The Morgan fingerprint density at radius 2 is 1.75 bits per heavy atom. The summed E-state index contributed by atoms with van der Waals surface area (Å²) >= 11 is 0. The molecule has 7 nitrogen and oxygen atoms in total. The third-order valence-electron chi connectivity index (χ3n) is 2.80. The number of hydrogen-bond acceptors (Lipinski definition) is 3. The molecule has 0 heterocycles. The van der Waals surface area contributed by atoms with Crippen molar-refractivity contribution in [1.82, 2.24) is 10.2 Å². The quantitative estimate of drug-likeness (QED) is 0.519. The first-order valence-electron chi connectivity index (χ1n) is 6.89. The zero-order valence-electron chi connectivity index (χ0n) is 12.2. The van der Waals surface area contributed by atoms with Crippen molar-refractivity contribution >= 4 is 17.9 Å². The van der Waals surface area contributed by atoms with Gasteiger partial charge >= 0.3 is 12.0 Å². The molecule has 0 radical (unpaired) electrons. The van der Waals surface area contributed by atoms with Crippen LogP contribution >= 0.6 is 0 Å². The molecule has 3 amide bonds. The maximum absolute atomic E-state index is 11.8. The fourth-order valence-electron chi connectivity index (χ4n) is 1.71. The number of rotatable bonds is 10. The van der Waals surface area contributed by atoms with Gasteiger partial charge in [-0.2, -0.15) is 0 Å². The molecule has 0 saturated heterocycles. The molecule has 0 unspecified atom stereocenters. The van der Waals surface area contributed by atoms with E-state index in [1.807, 2.05) is 13.8 Å². The highest BCUT2D eigenvalue weighted by Crippen LogP contribution is 2.03. The van der Waals surface area contributed by atoms with Gasteiger partial charge in [-0.25, -0.2) is 4.79 Å². The van der Waals surface area contributed by atoms with Crippen molar-refractivity contribution in [2.75, 3.05) is 13.1 Å². The molecule has 0 aliphatic carbocycles. The van der Waals surface area contributed by atoms with Gasteiger partial charge in [-0.3, -0.25) is 9.59 Å². The van der Waals surface area contributed by atoms with E-state index >= 15 is 0 Å². The Hall–Kier alpha value is -1.79. The van der Waals surface area contributed by atoms with Crippen molar-refractivity contribution < 1.29 is 19.5 Å². The molecule has 0 aliphatic heterocycles. The van der Waals surface area contributed by atoms with E-state index in [9.17, 15) is 14.4 Å². The predicted octanol–water partition coefficient (Wildman–Crippen LogP) is 0.927. The van der Waals surface area contributed by atoms with E-state index in [1.54, 1.807) is 0 Å². The van der Waals surface area contributed by atoms with Crippen molar-refractivity contribution in [3.05, 3.63) is 0 Å². The average molecular weight is 287 g/mol. The number of aliphatic carboxylic acids is 1. The third-order valence-corrected chi connectivity index (χ3v) is 2.80. The minimum atomic E-state index is -0.780. The molecule has 116 valence electrons. The van der Waals surface area contributed by atoms with Gasteiger partial charge in [-0.05, 0) is 26.7 Å². The number of nitrogens with zero attached hydrogens (tertiary/aromatic N) is 1. The zero-order valence-corrected chi connectivity index (χ0v) is 12.2. The average Bonchev–Trinajstić information content (AvgIpc) is 2.33. The summed E-state index contributed by atoms with van der Waals surface area (Å²) in [4.78, 5) is 34.4. The molecule has 0 spiro atoms. The van der Waals surface area contributed by atoms with Crippen molar-refractivity contribution in [2.45, 2.75) is 52.0 Å². The molecule has 0 fully saturated rings. The molecule has 0 bridgehead atoms. The van der Waals surface area contributed by atoms with E-state index in [4.69, 9.17) is 10.8 Å². The normalized spacial score (nSPS) is 10.3. The van der Waals surface area contributed by atoms with Gasteiger partial charge in [-0.15, -0.1) is 0 Å². The van der Waals surface area contributed by atoms with E-state index in [0.29, 0.717) is 13.0 Å². The van der Waals surface area contributed by atoms with Crippen molar-refractivity contribution in [3.8, 4) is 0 Å². The minimum Gasteiger partial charge on any atom is -0.481 e. The molecule has 0 aliphatic rings. The van der Waals surface area contributed by atoms with Crippen LogP contribution in [0.4, 0.5) is 4.79 Å². The highest BCUT2D eigenvalue weighted by Gasteiger charge is 2.18. The highest BCUT2D eigenvalue weighted by atomic mass is 16.4. The number of primary amides is 1. The van der Waals surface area contributed by atoms with Crippen molar-refractivity contribution in [2.24, 2.45) is 5.73 Å². The van der Waals surface area contributed by atoms with E-state index in [-0.39, 0.29) is 25.0 Å². The van der Waals surface area contributed by atoms with Gasteiger partial charge in [-0.1, -0.05) is 12.8 Å². The lowest BCUT2D eigenvalue weighted by molar-refractivity contribution is -0.137. The fraction of sp³-hybridized carbons (Fsp3) is 0.769. The van der Waals surface area contributed by atoms with Gasteiger partial charge in [0.05, 0.1) is 0 Å². The Balaban J connectivity index is 3.79. The van der Waals surface area contributed by atoms with Gasteiger partial charge in [0.25, 0.3) is 0 Å². The Morgan fingerprint density at radius 3 is 2.25 bits per heavy atom. The van der Waals surface area contributed by atoms with E-state index < -0.39 is 11.9 Å². The summed E-state index contributed by atoms with van der Waals surface area (Å²) in [7, 11) is 0. The van der Waals surface area contributed by atoms with E-state index in [0.717, 1.165) is 19.3 Å². The summed E-state index contributed by atoms with van der Waals surface area (Å²) in [6, 6.07) is -0.401. The second-order valence-corrected chi connectivity index (χ2v) is 4.98. The zero-order chi connectivity index (χ0) is 15.5. The first kappa shape index (κ1) is 18.2. The van der Waals surface area contributed by atoms with Crippen LogP contribution in [-0.2, 0) is 9.59 Å². The number of carboxylic acid groups (broad SMARTS) is 1. The van der Waals surface area contributed by atoms with Gasteiger partial charge in [0.2, 0.25) is 5.91 Å². The smallest absolute Gasteiger partial charge is 0.318 e. The molecule has 7 heteroatoms. The van der Waals surface area contributed by atoms with Crippen LogP contribution in [0.5, 0.6) is 0 Å². The van der Waals surface area contributed by atoms with Gasteiger partial charge in [0, 0.05) is 19.0 Å². The standard InChI is InChI=1S/C13H25N3O4/c1-10(2)16(9-11(14)17)13(20)15-8-6-4-3-5-7-12(18)19/h10H,3-9H2,1-2H3,(H2,14,17)(H,15,20)(H,18,19). The lowest BCUT2D eigenvalue weighted by atomic mass is 10.1. The monoisotopic (exact) mass is 287 g/mol. The number of carbonyl (C=O) groups excluding carboxylic acids is 2. The Morgan fingerprint density at radius 1 is 1.15 bits per heavy atom. The molecule has 0 saturated carbocycles. The number of nitrogens with one attached hydrogen (secondary N) is 1. The Bertz CT molecular complexity index is 332. The molecule has 0 aromatic heterocycles. The number of urea groups is 1. The van der Waals surface area contributed by atoms with Crippen LogP contribution in [0.3, 0.4) is 0 Å². The molecular weight excluding hydrogens is 262 g/mol. The van der Waals surface area contributed by atoms with Gasteiger partial charge in [0.15, 0.2) is 0 Å². The second-order valence-electron chi connectivity index (χ2n) is 4.98. The molecule has 4 N–H and O–H groups in total. The van der Waals surface area contributed by atoms with Gasteiger partial charge in [0.1, 0.15) is 6.54 Å². The first-order chi connectivity index (χ1) is 9.34. The minimum absolute atomic E-state index is 0.0951. The molecule has 20 heavy (non-hydrogen) atoms. The Labute approximate surface area is 119 Å². The van der Waals surface area contributed by atoms with Crippen LogP contribution in [0.15, 0.2) is 0 Å². The number of nitrogens with two attached hydrogens (primary N) is 1. The molecule has 0 aromatic carbocycles. The van der Waals surface area contributed by atoms with Crippen LogP contribution in [0.25, 0.3) is 0 Å². The SMILES string of the molecule is CC(C)N(CC(N)=O)C(=O)NCCCCCCC(=O)O. The summed E-state index contributed by atoms with van der Waals surface area (Å²) in [6.07, 6.45) is 3.32. The Kier molecular flexibility index (Phi) is 9.15. The number of carboxylic acids is 1. The van der Waals surface area contributed by atoms with Crippen molar-refractivity contribution in [3.63, 3.8) is 0 Å². The third kappa shape index (κ3) is 9.18. The van der Waals surface area contributed by atoms with Crippen LogP contribution in [-0.4, -0.2) is 47.0 Å². The largest absolute Gasteiger partial charge is 0.481 e. The molecule has 0 rings (SSSR count). The first-order valence-corrected chi connectivity index (χ1v) is 6.89. The predicted molar refractivity (Wildman–Crippen MR) is 75.2 cm³/mol. The van der Waals surface area contributed by atoms with E-state index in [2.05, 4.69) is 5.32 Å². The molecule has 0 atom stereocenters. The van der Waals surface area contributed by atoms with Crippen LogP contribution in [0.1, 0.15) is 46.0 Å². The summed E-state index contributed by atoms with van der Waals surface area (Å²) < 4.78 is 0. The second kappa shape index (κ2) is 10.1. The highest BCUT2D eigenvalue weighted by molar-refractivity contribution is 5.83. The summed E-state index contributed by atoms with van der Waals surface area (Å²) in [5.74, 6) is -1.32. The topological polar surface area (TPSA) is 113 Å². The summed E-state index contributed by atoms with van der Waals surface area (Å²) in [5, 5.41) is 11.2. The number of carbonyl (C=O) groups is 3. The van der Waals surface area contributed by atoms with Crippen molar-refractivity contribution in [1.29, 1.82) is 0 Å². The summed E-state index contributed by atoms with van der Waals surface area (Å²) in [5.41, 5.74) is 5.09. The van der Waals surface area contributed by atoms with Crippen LogP contribution in [0, 0.1) is 0 Å². The van der Waals surface area contributed by atoms with E-state index in [1.165, 1.54) is 4.90 Å². The molecule has 0 aromatic rings. The number of hydrogen-bond donors (Lipinski definition) is 3. The maximum atomic E-state index is 11.8. The summed E-state index contributed by atoms with van der Waals surface area (Å²) in [6.45, 7) is 4.04.